The van der Waals surface area contributed by atoms with Gasteiger partial charge in [0.1, 0.15) is 11.6 Å². The molecule has 0 radical (unpaired) electrons. The molecule has 1 aromatic heterocycles. The van der Waals surface area contributed by atoms with Crippen LogP contribution in [0.2, 0.25) is 0 Å². The highest BCUT2D eigenvalue weighted by molar-refractivity contribution is 9.11. The molecule has 0 fully saturated rings. The number of anilines is 1. The second-order valence-electron chi connectivity index (χ2n) is 4.23. The monoisotopic (exact) mass is 386 g/mol. The molecule has 0 aliphatic carbocycles. The number of nitrogens with one attached hydrogen (secondary N) is 1. The van der Waals surface area contributed by atoms with Crippen molar-refractivity contribution in [3.63, 3.8) is 0 Å². The molecule has 0 aliphatic heterocycles. The first-order valence-electron chi connectivity index (χ1n) is 5.86. The zero-order valence-electron chi connectivity index (χ0n) is 10.4. The molecule has 0 saturated heterocycles. The number of aromatic nitrogens is 1. The van der Waals surface area contributed by atoms with Crippen LogP contribution in [0, 0.1) is 12.7 Å². The van der Waals surface area contributed by atoms with Crippen LogP contribution in [-0.2, 0) is 6.42 Å². The highest BCUT2D eigenvalue weighted by Crippen LogP contribution is 2.23. The lowest BCUT2D eigenvalue weighted by Gasteiger charge is -2.09. The van der Waals surface area contributed by atoms with Crippen molar-refractivity contribution in [3.05, 3.63) is 56.4 Å². The third-order valence-corrected chi connectivity index (χ3v) is 3.84. The van der Waals surface area contributed by atoms with Crippen LogP contribution >= 0.6 is 31.9 Å². The minimum Gasteiger partial charge on any atom is -0.369 e. The van der Waals surface area contributed by atoms with Crippen LogP contribution in [0.4, 0.5) is 10.2 Å². The van der Waals surface area contributed by atoms with Crippen LogP contribution in [0.3, 0.4) is 0 Å². The molecule has 0 saturated carbocycles. The molecule has 100 valence electrons. The Morgan fingerprint density at radius 1 is 1.26 bits per heavy atom. The third-order valence-electron chi connectivity index (χ3n) is 2.80. The molecular weight excluding hydrogens is 375 g/mol. The highest BCUT2D eigenvalue weighted by atomic mass is 79.9. The normalized spacial score (nSPS) is 10.5. The molecule has 19 heavy (non-hydrogen) atoms. The fourth-order valence-electron chi connectivity index (χ4n) is 1.80. The van der Waals surface area contributed by atoms with Crippen molar-refractivity contribution in [2.45, 2.75) is 13.3 Å². The molecule has 1 aromatic carbocycles. The Labute approximate surface area is 128 Å². The van der Waals surface area contributed by atoms with E-state index in [1.165, 1.54) is 6.07 Å². The van der Waals surface area contributed by atoms with Gasteiger partial charge in [0.2, 0.25) is 0 Å². The Morgan fingerprint density at radius 3 is 2.74 bits per heavy atom. The molecule has 2 rings (SSSR count). The predicted molar refractivity (Wildman–Crippen MR) is 83.0 cm³/mol. The van der Waals surface area contributed by atoms with E-state index in [0.717, 1.165) is 38.9 Å². The smallest absolute Gasteiger partial charge is 0.140 e. The van der Waals surface area contributed by atoms with E-state index >= 15 is 0 Å². The van der Waals surface area contributed by atoms with Crippen molar-refractivity contribution in [1.82, 2.24) is 4.98 Å². The summed E-state index contributed by atoms with van der Waals surface area (Å²) in [6.07, 6.45) is 2.58. The molecule has 0 spiro atoms. The van der Waals surface area contributed by atoms with Gasteiger partial charge in [0.15, 0.2) is 0 Å². The van der Waals surface area contributed by atoms with Gasteiger partial charge < -0.3 is 5.32 Å². The number of pyridine rings is 1. The van der Waals surface area contributed by atoms with E-state index in [4.69, 9.17) is 0 Å². The minimum absolute atomic E-state index is 0.188. The summed E-state index contributed by atoms with van der Waals surface area (Å²) in [4.78, 5) is 4.28. The summed E-state index contributed by atoms with van der Waals surface area (Å²) in [6, 6.07) is 6.83. The Kier molecular flexibility index (Phi) is 4.93. The van der Waals surface area contributed by atoms with Crippen LogP contribution in [-0.4, -0.2) is 11.5 Å². The Hall–Kier alpha value is -0.940. The summed E-state index contributed by atoms with van der Waals surface area (Å²) < 4.78 is 14.8. The molecule has 0 atom stereocenters. The summed E-state index contributed by atoms with van der Waals surface area (Å²) >= 11 is 6.81. The quantitative estimate of drug-likeness (QED) is 0.821. The van der Waals surface area contributed by atoms with E-state index in [9.17, 15) is 4.39 Å². The Balaban J connectivity index is 1.96. The van der Waals surface area contributed by atoms with Crippen molar-refractivity contribution in [2.75, 3.05) is 11.9 Å². The van der Waals surface area contributed by atoms with E-state index in [2.05, 4.69) is 42.2 Å². The van der Waals surface area contributed by atoms with Gasteiger partial charge in [0.25, 0.3) is 0 Å². The van der Waals surface area contributed by atoms with E-state index in [0.29, 0.717) is 0 Å². The van der Waals surface area contributed by atoms with E-state index in [1.54, 1.807) is 12.3 Å². The van der Waals surface area contributed by atoms with E-state index < -0.39 is 0 Å². The number of hydrogen-bond donors (Lipinski definition) is 1. The van der Waals surface area contributed by atoms with Gasteiger partial charge in [-0.2, -0.15) is 0 Å². The van der Waals surface area contributed by atoms with Gasteiger partial charge in [-0.15, -0.1) is 0 Å². The van der Waals surface area contributed by atoms with Gasteiger partial charge in [0, 0.05) is 17.2 Å². The first kappa shape index (κ1) is 14.5. The summed E-state index contributed by atoms with van der Waals surface area (Å²) in [5, 5.41) is 3.26. The number of benzene rings is 1. The lowest BCUT2D eigenvalue weighted by Crippen LogP contribution is -2.07. The van der Waals surface area contributed by atoms with Crippen LogP contribution in [0.25, 0.3) is 0 Å². The molecule has 5 heteroatoms. The summed E-state index contributed by atoms with van der Waals surface area (Å²) in [6.45, 7) is 2.67. The third kappa shape index (κ3) is 4.01. The molecule has 2 nitrogen and oxygen atoms in total. The van der Waals surface area contributed by atoms with Crippen LogP contribution in [0.1, 0.15) is 11.1 Å². The average molecular weight is 388 g/mol. The van der Waals surface area contributed by atoms with Crippen molar-refractivity contribution >= 4 is 37.7 Å². The fraction of sp³-hybridized carbons (Fsp3) is 0.214. The maximum atomic E-state index is 13.0. The van der Waals surface area contributed by atoms with Gasteiger partial charge in [-0.25, -0.2) is 9.37 Å². The van der Waals surface area contributed by atoms with Crippen molar-refractivity contribution in [1.29, 1.82) is 0 Å². The van der Waals surface area contributed by atoms with Crippen LogP contribution in [0.5, 0.6) is 0 Å². The lowest BCUT2D eigenvalue weighted by molar-refractivity contribution is 0.625. The zero-order valence-corrected chi connectivity index (χ0v) is 13.6. The second-order valence-corrected chi connectivity index (χ2v) is 6.00. The standard InChI is InChI=1S/C14H13Br2FN2/c1-9-6-12(17)3-2-10(9)4-5-18-14-13(16)7-11(15)8-19-14/h2-3,6-8H,4-5H2,1H3,(H,18,19). The molecule has 1 N–H and O–H groups in total. The summed E-state index contributed by atoms with van der Waals surface area (Å²) in [5.41, 5.74) is 2.12. The number of halogens is 3. The molecule has 1 heterocycles. The van der Waals surface area contributed by atoms with Gasteiger partial charge in [-0.3, -0.25) is 0 Å². The maximum Gasteiger partial charge on any atom is 0.140 e. The average Bonchev–Trinajstić information content (AvgIpc) is 2.34. The van der Waals surface area contributed by atoms with Gasteiger partial charge in [-0.05, 0) is 74.5 Å². The number of nitrogens with zero attached hydrogens (tertiary/aromatic N) is 1. The molecular formula is C14H13Br2FN2. The number of rotatable bonds is 4. The van der Waals surface area contributed by atoms with Crippen LogP contribution < -0.4 is 5.32 Å². The lowest BCUT2D eigenvalue weighted by atomic mass is 10.1. The first-order chi connectivity index (χ1) is 9.06. The molecule has 0 bridgehead atoms. The van der Waals surface area contributed by atoms with Gasteiger partial charge in [0.05, 0.1) is 4.47 Å². The fourth-order valence-corrected chi connectivity index (χ4v) is 2.93. The number of hydrogen-bond acceptors (Lipinski definition) is 2. The number of aryl methyl sites for hydroxylation is 1. The minimum atomic E-state index is -0.188. The predicted octanol–water partition coefficient (Wildman–Crippen LogP) is 4.71. The molecule has 2 aromatic rings. The Bertz CT molecular complexity index is 536. The Morgan fingerprint density at radius 2 is 2.05 bits per heavy atom. The first-order valence-corrected chi connectivity index (χ1v) is 7.45. The SMILES string of the molecule is Cc1cc(F)ccc1CCNc1ncc(Br)cc1Br. The van der Waals surface area contributed by atoms with Crippen LogP contribution in [0.15, 0.2) is 39.4 Å². The maximum absolute atomic E-state index is 13.0. The zero-order chi connectivity index (χ0) is 13.8. The van der Waals surface area contributed by atoms with E-state index in [1.807, 2.05) is 19.1 Å². The second kappa shape index (κ2) is 6.48. The van der Waals surface area contributed by atoms with Crippen molar-refractivity contribution < 1.29 is 4.39 Å². The van der Waals surface area contributed by atoms with Crippen molar-refractivity contribution in [3.8, 4) is 0 Å². The molecule has 0 unspecified atom stereocenters. The molecule has 0 amide bonds. The summed E-state index contributed by atoms with van der Waals surface area (Å²) in [5.74, 6) is 0.620. The summed E-state index contributed by atoms with van der Waals surface area (Å²) in [7, 11) is 0. The van der Waals surface area contributed by atoms with E-state index in [-0.39, 0.29) is 5.82 Å². The largest absolute Gasteiger partial charge is 0.369 e. The highest BCUT2D eigenvalue weighted by Gasteiger charge is 2.03. The van der Waals surface area contributed by atoms with Crippen molar-refractivity contribution in [2.24, 2.45) is 0 Å². The topological polar surface area (TPSA) is 24.9 Å². The van der Waals surface area contributed by atoms with Gasteiger partial charge >= 0.3 is 0 Å². The van der Waals surface area contributed by atoms with Gasteiger partial charge in [-0.1, -0.05) is 6.07 Å². The molecule has 0 aliphatic rings.